The van der Waals surface area contributed by atoms with Crippen LogP contribution in [-0.4, -0.2) is 24.5 Å². The van der Waals surface area contributed by atoms with E-state index in [0.717, 1.165) is 12.1 Å². The van der Waals surface area contributed by atoms with Gasteiger partial charge in [-0.05, 0) is 18.2 Å². The van der Waals surface area contributed by atoms with Gasteiger partial charge in [0.05, 0.1) is 5.56 Å². The largest absolute Gasteiger partial charge is 0.484 e. The molecule has 1 N–H and O–H groups in total. The Morgan fingerprint density at radius 2 is 1.96 bits per heavy atom. The molecule has 23 heavy (non-hydrogen) atoms. The van der Waals surface area contributed by atoms with Crippen molar-refractivity contribution < 1.29 is 27.4 Å². The smallest absolute Gasteiger partial charge is 0.417 e. The van der Waals surface area contributed by atoms with E-state index in [-0.39, 0.29) is 18.4 Å². The molecule has 0 saturated heterocycles. The van der Waals surface area contributed by atoms with Crippen molar-refractivity contribution in [2.24, 2.45) is 0 Å². The van der Waals surface area contributed by atoms with E-state index in [2.05, 4.69) is 10.3 Å². The van der Waals surface area contributed by atoms with Gasteiger partial charge in [-0.1, -0.05) is 6.07 Å². The molecular formula is C15H13F3N2O3. The van der Waals surface area contributed by atoms with Crippen LogP contribution in [0.25, 0.3) is 0 Å². The van der Waals surface area contributed by atoms with Crippen molar-refractivity contribution in [1.82, 2.24) is 10.3 Å². The summed E-state index contributed by atoms with van der Waals surface area (Å²) in [7, 11) is 1.49. The lowest BCUT2D eigenvalue weighted by atomic mass is 10.3. The van der Waals surface area contributed by atoms with E-state index in [0.29, 0.717) is 17.7 Å². The zero-order chi connectivity index (χ0) is 16.9. The van der Waals surface area contributed by atoms with Gasteiger partial charge in [-0.2, -0.15) is 13.2 Å². The molecule has 0 aliphatic carbocycles. The Morgan fingerprint density at radius 1 is 1.22 bits per heavy atom. The SMILES string of the molecule is CNC(=O)COc1cccc(Oc2ccc(C(F)(F)F)cn2)c1. The number of nitrogens with zero attached hydrogens (tertiary/aromatic N) is 1. The normalized spacial score (nSPS) is 11.0. The fourth-order valence-electron chi connectivity index (χ4n) is 1.58. The summed E-state index contributed by atoms with van der Waals surface area (Å²) in [5.74, 6) is 0.437. The number of hydrogen-bond acceptors (Lipinski definition) is 4. The zero-order valence-electron chi connectivity index (χ0n) is 12.1. The molecule has 1 aromatic carbocycles. The van der Waals surface area contributed by atoms with Crippen molar-refractivity contribution in [3.8, 4) is 17.4 Å². The molecule has 5 nitrogen and oxygen atoms in total. The van der Waals surface area contributed by atoms with Gasteiger partial charge >= 0.3 is 6.18 Å². The van der Waals surface area contributed by atoms with Crippen LogP contribution in [0.5, 0.6) is 17.4 Å². The van der Waals surface area contributed by atoms with Crippen LogP contribution in [0.3, 0.4) is 0 Å². The lowest BCUT2D eigenvalue weighted by Crippen LogP contribution is -2.24. The Hall–Kier alpha value is -2.77. The molecule has 0 spiro atoms. The van der Waals surface area contributed by atoms with Gasteiger partial charge in [0.15, 0.2) is 6.61 Å². The van der Waals surface area contributed by atoms with Crippen molar-refractivity contribution in [3.05, 3.63) is 48.2 Å². The summed E-state index contributed by atoms with van der Waals surface area (Å²) >= 11 is 0. The molecule has 1 aromatic heterocycles. The fourth-order valence-corrected chi connectivity index (χ4v) is 1.58. The Kier molecular flexibility index (Phi) is 5.05. The van der Waals surface area contributed by atoms with Gasteiger partial charge in [0, 0.05) is 25.4 Å². The van der Waals surface area contributed by atoms with Gasteiger partial charge in [-0.25, -0.2) is 4.98 Å². The maximum Gasteiger partial charge on any atom is 0.417 e. The van der Waals surface area contributed by atoms with E-state index < -0.39 is 11.7 Å². The van der Waals surface area contributed by atoms with Crippen LogP contribution in [0.1, 0.15) is 5.56 Å². The van der Waals surface area contributed by atoms with E-state index in [1.807, 2.05) is 0 Å². The van der Waals surface area contributed by atoms with E-state index in [1.165, 1.54) is 13.1 Å². The Morgan fingerprint density at radius 3 is 2.57 bits per heavy atom. The average molecular weight is 326 g/mol. The van der Waals surface area contributed by atoms with Gasteiger partial charge in [0.25, 0.3) is 5.91 Å². The number of benzene rings is 1. The number of hydrogen-bond donors (Lipinski definition) is 1. The van der Waals surface area contributed by atoms with Gasteiger partial charge < -0.3 is 14.8 Å². The highest BCUT2D eigenvalue weighted by molar-refractivity contribution is 5.77. The number of amides is 1. The second kappa shape index (κ2) is 6.99. The Balaban J connectivity index is 2.04. The number of nitrogens with one attached hydrogen (secondary N) is 1. The Labute approximate surface area is 130 Å². The molecule has 0 aliphatic rings. The van der Waals surface area contributed by atoms with Gasteiger partial charge in [0.1, 0.15) is 11.5 Å². The second-order valence-corrected chi connectivity index (χ2v) is 4.42. The van der Waals surface area contributed by atoms with Crippen molar-refractivity contribution in [3.63, 3.8) is 0 Å². The van der Waals surface area contributed by atoms with Crippen LogP contribution >= 0.6 is 0 Å². The summed E-state index contributed by atoms with van der Waals surface area (Å²) in [5.41, 5.74) is -0.854. The van der Waals surface area contributed by atoms with Crippen LogP contribution in [0.2, 0.25) is 0 Å². The number of carbonyl (C=O) groups excluding carboxylic acids is 1. The van der Waals surface area contributed by atoms with Crippen LogP contribution in [0.4, 0.5) is 13.2 Å². The van der Waals surface area contributed by atoms with E-state index in [1.54, 1.807) is 18.2 Å². The molecule has 1 amide bonds. The van der Waals surface area contributed by atoms with Crippen LogP contribution in [0, 0.1) is 0 Å². The highest BCUT2D eigenvalue weighted by atomic mass is 19.4. The van der Waals surface area contributed by atoms with E-state index >= 15 is 0 Å². The maximum atomic E-state index is 12.4. The second-order valence-electron chi connectivity index (χ2n) is 4.42. The minimum absolute atomic E-state index is 0.0152. The molecule has 0 aliphatic heterocycles. The van der Waals surface area contributed by atoms with E-state index in [4.69, 9.17) is 9.47 Å². The number of ether oxygens (including phenoxy) is 2. The summed E-state index contributed by atoms with van der Waals surface area (Å²) in [5, 5.41) is 2.41. The summed E-state index contributed by atoms with van der Waals surface area (Å²) < 4.78 is 47.9. The molecule has 0 fully saturated rings. The lowest BCUT2D eigenvalue weighted by molar-refractivity contribution is -0.137. The Bertz CT molecular complexity index is 672. The summed E-state index contributed by atoms with van der Waals surface area (Å²) in [6.45, 7) is -0.154. The van der Waals surface area contributed by atoms with Gasteiger partial charge in [-0.15, -0.1) is 0 Å². The minimum atomic E-state index is -4.45. The van der Waals surface area contributed by atoms with Crippen molar-refractivity contribution in [1.29, 1.82) is 0 Å². The molecule has 0 saturated carbocycles. The topological polar surface area (TPSA) is 60.5 Å². The summed E-state index contributed by atoms with van der Waals surface area (Å²) in [6.07, 6.45) is -3.75. The average Bonchev–Trinajstić information content (AvgIpc) is 2.52. The molecule has 8 heteroatoms. The third kappa shape index (κ3) is 4.87. The molecule has 1 heterocycles. The van der Waals surface area contributed by atoms with Gasteiger partial charge in [-0.3, -0.25) is 4.79 Å². The van der Waals surface area contributed by atoms with Crippen LogP contribution < -0.4 is 14.8 Å². The third-order valence-electron chi connectivity index (χ3n) is 2.74. The molecule has 2 rings (SSSR count). The number of pyridine rings is 1. The molecule has 2 aromatic rings. The monoisotopic (exact) mass is 326 g/mol. The van der Waals surface area contributed by atoms with Crippen LogP contribution in [0.15, 0.2) is 42.6 Å². The number of halogens is 3. The number of alkyl halides is 3. The first-order valence-electron chi connectivity index (χ1n) is 6.53. The summed E-state index contributed by atoms with van der Waals surface area (Å²) in [6, 6.07) is 8.35. The minimum Gasteiger partial charge on any atom is -0.484 e. The zero-order valence-corrected chi connectivity index (χ0v) is 12.1. The highest BCUT2D eigenvalue weighted by Gasteiger charge is 2.30. The quantitative estimate of drug-likeness (QED) is 0.917. The van der Waals surface area contributed by atoms with Gasteiger partial charge in [0.2, 0.25) is 5.88 Å². The standard InChI is InChI=1S/C15H13F3N2O3/c1-19-13(21)9-22-11-3-2-4-12(7-11)23-14-6-5-10(8-20-14)15(16,17)18/h2-8H,9H2,1H3,(H,19,21). The molecule has 0 radical (unpaired) electrons. The number of rotatable bonds is 5. The van der Waals surface area contributed by atoms with E-state index in [9.17, 15) is 18.0 Å². The third-order valence-corrected chi connectivity index (χ3v) is 2.74. The van der Waals surface area contributed by atoms with Crippen LogP contribution in [-0.2, 0) is 11.0 Å². The fraction of sp³-hybridized carbons (Fsp3) is 0.200. The number of likely N-dealkylation sites (N-methyl/N-ethyl adjacent to an activating group) is 1. The highest BCUT2D eigenvalue weighted by Crippen LogP contribution is 2.30. The lowest BCUT2D eigenvalue weighted by Gasteiger charge is -2.09. The first-order valence-corrected chi connectivity index (χ1v) is 6.53. The number of aromatic nitrogens is 1. The first-order chi connectivity index (χ1) is 10.9. The van der Waals surface area contributed by atoms with Crippen molar-refractivity contribution >= 4 is 5.91 Å². The first kappa shape index (κ1) is 16.6. The van der Waals surface area contributed by atoms with Crippen molar-refractivity contribution in [2.45, 2.75) is 6.18 Å². The molecular weight excluding hydrogens is 313 g/mol. The summed E-state index contributed by atoms with van der Waals surface area (Å²) in [4.78, 5) is 14.7. The predicted octanol–water partition coefficient (Wildman–Crippen LogP) is 3.02. The predicted molar refractivity (Wildman–Crippen MR) is 75.3 cm³/mol. The molecule has 0 unspecified atom stereocenters. The number of carbonyl (C=O) groups is 1. The van der Waals surface area contributed by atoms with Crippen molar-refractivity contribution in [2.75, 3.05) is 13.7 Å². The molecule has 122 valence electrons. The molecule has 0 bridgehead atoms. The molecule has 0 atom stereocenters. The maximum absolute atomic E-state index is 12.4.